The highest BCUT2D eigenvalue weighted by atomic mass is 35.5. The number of nitrogens with zero attached hydrogens (tertiary/aromatic N) is 1. The van der Waals surface area contributed by atoms with Crippen LogP contribution in [0.4, 0.5) is 0 Å². The third kappa shape index (κ3) is 4.74. The summed E-state index contributed by atoms with van der Waals surface area (Å²) in [4.78, 5) is 15.4. The van der Waals surface area contributed by atoms with Gasteiger partial charge in [-0.1, -0.05) is 6.07 Å². The Morgan fingerprint density at radius 1 is 1.50 bits per heavy atom. The van der Waals surface area contributed by atoms with Gasteiger partial charge in [-0.15, -0.1) is 22.9 Å². The van der Waals surface area contributed by atoms with Gasteiger partial charge in [0.05, 0.1) is 19.3 Å². The van der Waals surface area contributed by atoms with Crippen LogP contribution in [0, 0.1) is 0 Å². The number of rotatable bonds is 7. The fourth-order valence-electron chi connectivity index (χ4n) is 2.31. The summed E-state index contributed by atoms with van der Waals surface area (Å²) in [5.41, 5.74) is 0. The fraction of sp³-hybridized carbons (Fsp3) is 0.643. The molecule has 1 aliphatic heterocycles. The Labute approximate surface area is 129 Å². The average molecular weight is 317 g/mol. The number of carbonyl (C=O) groups is 1. The van der Waals surface area contributed by atoms with Crippen LogP contribution in [0.15, 0.2) is 17.5 Å². The molecule has 1 N–H and O–H groups in total. The minimum Gasteiger partial charge on any atom is -0.379 e. The summed E-state index contributed by atoms with van der Waals surface area (Å²) in [5, 5.41) is 5.11. The summed E-state index contributed by atoms with van der Waals surface area (Å²) in [6, 6.07) is 4.44. The lowest BCUT2D eigenvalue weighted by Crippen LogP contribution is -2.43. The molecule has 1 unspecified atom stereocenters. The summed E-state index contributed by atoms with van der Waals surface area (Å²) in [5.74, 6) is 0.617. The van der Waals surface area contributed by atoms with Crippen LogP contribution in [0.5, 0.6) is 0 Å². The quantitative estimate of drug-likeness (QED) is 0.785. The molecule has 1 aliphatic rings. The van der Waals surface area contributed by atoms with E-state index in [2.05, 4.69) is 27.7 Å². The number of alkyl halides is 1. The molecule has 2 rings (SSSR count). The molecule has 0 saturated carbocycles. The third-order valence-corrected chi connectivity index (χ3v) is 4.63. The minimum absolute atomic E-state index is 0.0838. The first kappa shape index (κ1) is 15.8. The first-order chi connectivity index (χ1) is 9.81. The van der Waals surface area contributed by atoms with Gasteiger partial charge in [0.15, 0.2) is 0 Å². The Morgan fingerprint density at radius 2 is 2.30 bits per heavy atom. The van der Waals surface area contributed by atoms with E-state index in [9.17, 15) is 4.79 Å². The van der Waals surface area contributed by atoms with Crippen molar-refractivity contribution in [3.05, 3.63) is 22.4 Å². The zero-order valence-electron chi connectivity index (χ0n) is 11.5. The lowest BCUT2D eigenvalue weighted by Gasteiger charge is -2.34. The van der Waals surface area contributed by atoms with Crippen molar-refractivity contribution in [3.8, 4) is 0 Å². The van der Waals surface area contributed by atoms with Crippen molar-refractivity contribution >= 4 is 28.8 Å². The molecule has 6 heteroatoms. The molecule has 1 aromatic heterocycles. The van der Waals surface area contributed by atoms with E-state index < -0.39 is 0 Å². The Morgan fingerprint density at radius 3 is 2.95 bits per heavy atom. The van der Waals surface area contributed by atoms with E-state index in [1.165, 1.54) is 4.88 Å². The third-order valence-electron chi connectivity index (χ3n) is 3.39. The van der Waals surface area contributed by atoms with Gasteiger partial charge in [-0.25, -0.2) is 0 Å². The maximum Gasteiger partial charge on any atom is 0.220 e. The number of morpholine rings is 1. The number of halogens is 1. The van der Waals surface area contributed by atoms with Gasteiger partial charge in [0.2, 0.25) is 5.91 Å². The lowest BCUT2D eigenvalue weighted by atomic mass is 10.2. The van der Waals surface area contributed by atoms with Gasteiger partial charge in [-0.3, -0.25) is 9.69 Å². The van der Waals surface area contributed by atoms with Crippen LogP contribution >= 0.6 is 22.9 Å². The molecule has 4 nitrogen and oxygen atoms in total. The minimum atomic E-state index is 0.0838. The topological polar surface area (TPSA) is 41.6 Å². The number of hydrogen-bond donors (Lipinski definition) is 1. The first-order valence-electron chi connectivity index (χ1n) is 6.99. The molecule has 1 aromatic rings. The monoisotopic (exact) mass is 316 g/mol. The van der Waals surface area contributed by atoms with Crippen LogP contribution < -0.4 is 5.32 Å². The average Bonchev–Trinajstić information content (AvgIpc) is 3.00. The molecule has 0 bridgehead atoms. The van der Waals surface area contributed by atoms with Crippen molar-refractivity contribution in [2.45, 2.75) is 18.9 Å². The highest BCUT2D eigenvalue weighted by Crippen LogP contribution is 2.25. The van der Waals surface area contributed by atoms with Crippen molar-refractivity contribution in [2.24, 2.45) is 0 Å². The van der Waals surface area contributed by atoms with Gasteiger partial charge in [0.25, 0.3) is 0 Å². The van der Waals surface area contributed by atoms with E-state index in [4.69, 9.17) is 16.3 Å². The Balaban J connectivity index is 1.91. The van der Waals surface area contributed by atoms with Crippen molar-refractivity contribution in [2.75, 3.05) is 38.7 Å². The van der Waals surface area contributed by atoms with Crippen molar-refractivity contribution in [1.29, 1.82) is 0 Å². The summed E-state index contributed by atoms with van der Waals surface area (Å²) >= 11 is 7.35. The second-order valence-electron chi connectivity index (χ2n) is 4.78. The molecular formula is C14H21ClN2O2S. The summed E-state index contributed by atoms with van der Waals surface area (Å²) in [6.07, 6.45) is 1.23. The van der Waals surface area contributed by atoms with Crippen LogP contribution in [0.2, 0.25) is 0 Å². The molecule has 112 valence electrons. The highest BCUT2D eigenvalue weighted by Gasteiger charge is 2.23. The van der Waals surface area contributed by atoms with E-state index in [-0.39, 0.29) is 11.9 Å². The highest BCUT2D eigenvalue weighted by molar-refractivity contribution is 7.10. The fourth-order valence-corrected chi connectivity index (χ4v) is 3.30. The molecule has 0 aliphatic carbocycles. The van der Waals surface area contributed by atoms with E-state index >= 15 is 0 Å². The number of carbonyl (C=O) groups excluding carboxylic acids is 1. The van der Waals surface area contributed by atoms with Crippen LogP contribution in [0.1, 0.15) is 23.8 Å². The maximum absolute atomic E-state index is 11.7. The van der Waals surface area contributed by atoms with Crippen LogP contribution in [0.3, 0.4) is 0 Å². The van der Waals surface area contributed by atoms with Gasteiger partial charge < -0.3 is 10.1 Å². The van der Waals surface area contributed by atoms with E-state index in [1.54, 1.807) is 11.3 Å². The largest absolute Gasteiger partial charge is 0.379 e. The summed E-state index contributed by atoms with van der Waals surface area (Å²) in [6.45, 7) is 4.02. The molecule has 0 spiro atoms. The molecule has 1 atom stereocenters. The van der Waals surface area contributed by atoms with Gasteiger partial charge >= 0.3 is 0 Å². The predicted octanol–water partition coefficient (Wildman–Crippen LogP) is 2.26. The maximum atomic E-state index is 11.7. The van der Waals surface area contributed by atoms with E-state index in [1.807, 2.05) is 0 Å². The number of thiophene rings is 1. The number of nitrogens with one attached hydrogen (secondary N) is 1. The first-order valence-corrected chi connectivity index (χ1v) is 8.40. The van der Waals surface area contributed by atoms with Crippen LogP contribution in [-0.4, -0.2) is 49.5 Å². The van der Waals surface area contributed by atoms with Gasteiger partial charge in [-0.05, 0) is 17.9 Å². The Hall–Kier alpha value is -0.620. The zero-order valence-corrected chi connectivity index (χ0v) is 13.1. The smallest absolute Gasteiger partial charge is 0.220 e. The standard InChI is InChI=1S/C14H21ClN2O2S/c15-5-1-4-14(18)16-11-12(13-3-2-10-20-13)17-6-8-19-9-7-17/h2-3,10,12H,1,4-9,11H2,(H,16,18). The summed E-state index contributed by atoms with van der Waals surface area (Å²) < 4.78 is 5.41. The second kappa shape index (κ2) is 8.62. The summed E-state index contributed by atoms with van der Waals surface area (Å²) in [7, 11) is 0. The van der Waals surface area contributed by atoms with Gasteiger partial charge in [0, 0.05) is 36.8 Å². The van der Waals surface area contributed by atoms with Crippen LogP contribution in [-0.2, 0) is 9.53 Å². The Bertz CT molecular complexity index is 394. The van der Waals surface area contributed by atoms with Crippen molar-refractivity contribution in [3.63, 3.8) is 0 Å². The van der Waals surface area contributed by atoms with Crippen molar-refractivity contribution in [1.82, 2.24) is 10.2 Å². The number of amides is 1. The predicted molar refractivity (Wildman–Crippen MR) is 82.4 cm³/mol. The molecule has 20 heavy (non-hydrogen) atoms. The molecule has 1 saturated heterocycles. The normalized spacial score (nSPS) is 17.9. The van der Waals surface area contributed by atoms with E-state index in [0.29, 0.717) is 18.8 Å². The zero-order chi connectivity index (χ0) is 14.2. The molecule has 0 aromatic carbocycles. The molecule has 0 radical (unpaired) electrons. The van der Waals surface area contributed by atoms with Gasteiger partial charge in [0.1, 0.15) is 0 Å². The molecular weight excluding hydrogens is 296 g/mol. The molecule has 1 amide bonds. The number of hydrogen-bond acceptors (Lipinski definition) is 4. The SMILES string of the molecule is O=C(CCCCl)NCC(c1cccs1)N1CCOCC1. The second-order valence-corrected chi connectivity index (χ2v) is 6.13. The number of ether oxygens (including phenoxy) is 1. The van der Waals surface area contributed by atoms with Crippen molar-refractivity contribution < 1.29 is 9.53 Å². The van der Waals surface area contributed by atoms with E-state index in [0.717, 1.165) is 32.7 Å². The lowest BCUT2D eigenvalue weighted by molar-refractivity contribution is -0.121. The molecule has 2 heterocycles. The van der Waals surface area contributed by atoms with Crippen LogP contribution in [0.25, 0.3) is 0 Å². The molecule has 1 fully saturated rings. The van der Waals surface area contributed by atoms with Gasteiger partial charge in [-0.2, -0.15) is 0 Å². The Kier molecular flexibility index (Phi) is 6.79.